The predicted molar refractivity (Wildman–Crippen MR) is 138 cm³/mol. The van der Waals surface area contributed by atoms with E-state index in [-0.39, 0.29) is 5.91 Å². The van der Waals surface area contributed by atoms with E-state index in [1.54, 1.807) is 11.8 Å². The van der Waals surface area contributed by atoms with Gasteiger partial charge in [0, 0.05) is 17.1 Å². The number of benzene rings is 2. The number of nitrogens with one attached hydrogen (secondary N) is 2. The number of fused-ring (bicyclic) bond motifs is 1. The first-order chi connectivity index (χ1) is 16.5. The first-order valence-electron chi connectivity index (χ1n) is 11.7. The summed E-state index contributed by atoms with van der Waals surface area (Å²) < 4.78 is 7.44. The van der Waals surface area contributed by atoms with Crippen LogP contribution < -0.4 is 15.4 Å². The number of aryl methyl sites for hydroxylation is 1. The van der Waals surface area contributed by atoms with Gasteiger partial charge in [0.1, 0.15) is 11.8 Å². The fourth-order valence-corrected chi connectivity index (χ4v) is 4.85. The number of carbonyl (C=O) groups excluding carboxylic acids is 1. The molecule has 0 aliphatic carbocycles. The normalized spacial score (nSPS) is 15.0. The summed E-state index contributed by atoms with van der Waals surface area (Å²) in [5, 5.41) is 11.9. The van der Waals surface area contributed by atoms with Crippen molar-refractivity contribution in [2.75, 3.05) is 23.0 Å². The minimum atomic E-state index is -0.412. The molecule has 0 bridgehead atoms. The predicted octanol–water partition coefficient (Wildman–Crippen LogP) is 5.81. The summed E-state index contributed by atoms with van der Waals surface area (Å²) in [7, 11) is 0. The molecule has 0 spiro atoms. The van der Waals surface area contributed by atoms with Gasteiger partial charge >= 0.3 is 0 Å². The van der Waals surface area contributed by atoms with Crippen molar-refractivity contribution in [2.45, 2.75) is 51.7 Å². The molecule has 2 heterocycles. The van der Waals surface area contributed by atoms with E-state index < -0.39 is 6.04 Å². The van der Waals surface area contributed by atoms with Crippen LogP contribution in [0.15, 0.2) is 65.0 Å². The summed E-state index contributed by atoms with van der Waals surface area (Å²) in [5.41, 5.74) is 4.15. The molecule has 0 saturated heterocycles. The number of anilines is 2. The van der Waals surface area contributed by atoms with Gasteiger partial charge in [0.15, 0.2) is 0 Å². The number of thioether (sulfide) groups is 1. The molecule has 7 nitrogen and oxygen atoms in total. The van der Waals surface area contributed by atoms with Crippen LogP contribution in [0.4, 0.5) is 11.6 Å². The number of amides is 1. The molecule has 2 N–H and O–H groups in total. The van der Waals surface area contributed by atoms with Crippen LogP contribution in [0.25, 0.3) is 0 Å². The third kappa shape index (κ3) is 5.28. The molecule has 1 aromatic heterocycles. The first-order valence-corrected chi connectivity index (χ1v) is 12.7. The molecule has 1 aliphatic rings. The van der Waals surface area contributed by atoms with Gasteiger partial charge in [-0.2, -0.15) is 4.98 Å². The van der Waals surface area contributed by atoms with Crippen molar-refractivity contribution >= 4 is 29.3 Å². The second kappa shape index (κ2) is 10.8. The average Bonchev–Trinajstić information content (AvgIpc) is 3.21. The Hall–Kier alpha value is -3.26. The lowest BCUT2D eigenvalue weighted by Crippen LogP contribution is -2.31. The summed E-state index contributed by atoms with van der Waals surface area (Å²) in [5.74, 6) is 2.22. The van der Waals surface area contributed by atoms with Crippen LogP contribution in [0, 0.1) is 6.92 Å². The van der Waals surface area contributed by atoms with Crippen LogP contribution in [-0.2, 0) is 4.79 Å². The van der Waals surface area contributed by atoms with E-state index in [1.165, 1.54) is 0 Å². The number of aromatic nitrogens is 3. The quantitative estimate of drug-likeness (QED) is 0.299. The van der Waals surface area contributed by atoms with Crippen molar-refractivity contribution < 1.29 is 9.53 Å². The third-order valence-corrected chi connectivity index (χ3v) is 6.51. The molecule has 2 aromatic carbocycles. The molecule has 1 amide bonds. The van der Waals surface area contributed by atoms with E-state index in [9.17, 15) is 4.79 Å². The molecular weight excluding hydrogens is 446 g/mol. The van der Waals surface area contributed by atoms with Gasteiger partial charge in [-0.15, -0.1) is 5.10 Å². The van der Waals surface area contributed by atoms with Gasteiger partial charge in [-0.25, -0.2) is 4.68 Å². The molecule has 1 atom stereocenters. The number of rotatable bonds is 9. The zero-order chi connectivity index (χ0) is 24.1. The molecule has 0 fully saturated rings. The molecule has 4 rings (SSSR count). The van der Waals surface area contributed by atoms with Crippen molar-refractivity contribution in [3.63, 3.8) is 0 Å². The third-order valence-electron chi connectivity index (χ3n) is 5.59. The van der Waals surface area contributed by atoms with Crippen molar-refractivity contribution in [1.82, 2.24) is 14.8 Å². The number of hydrogen-bond acceptors (Lipinski definition) is 6. The number of carbonyl (C=O) groups is 1. The lowest BCUT2D eigenvalue weighted by molar-refractivity contribution is -0.113. The van der Waals surface area contributed by atoms with Crippen LogP contribution in [-0.4, -0.2) is 33.0 Å². The van der Waals surface area contributed by atoms with Gasteiger partial charge < -0.3 is 15.4 Å². The average molecular weight is 478 g/mol. The standard InChI is InChI=1S/C26H31N5O2S/c1-5-7-15-34-26-29-25-27-18(4)22(24(32)28-20-10-8-9-17(3)16-20)23(31(25)30-26)19-11-13-21(14-12-19)33-6-2/h8-14,16,23H,5-7,15H2,1-4H3,(H,28,32)(H,27,29,30). The Kier molecular flexibility index (Phi) is 7.57. The van der Waals surface area contributed by atoms with E-state index in [2.05, 4.69) is 17.6 Å². The van der Waals surface area contributed by atoms with E-state index in [4.69, 9.17) is 14.8 Å². The fraction of sp³-hybridized carbons (Fsp3) is 0.346. The highest BCUT2D eigenvalue weighted by molar-refractivity contribution is 7.99. The van der Waals surface area contributed by atoms with Gasteiger partial charge in [-0.05, 0) is 62.6 Å². The highest BCUT2D eigenvalue weighted by Crippen LogP contribution is 2.37. The molecular formula is C26H31N5O2S. The number of hydrogen-bond donors (Lipinski definition) is 2. The topological polar surface area (TPSA) is 81.1 Å². The SMILES string of the molecule is CCCCSc1nc2n(n1)C(c1ccc(OCC)cc1)C(C(=O)Nc1cccc(C)c1)=C(C)N2. The van der Waals surface area contributed by atoms with Crippen molar-refractivity contribution in [1.29, 1.82) is 0 Å². The Labute approximate surface area is 205 Å². The van der Waals surface area contributed by atoms with Crippen LogP contribution in [0.3, 0.4) is 0 Å². The van der Waals surface area contributed by atoms with Crippen LogP contribution >= 0.6 is 11.8 Å². The number of ether oxygens (including phenoxy) is 1. The molecule has 8 heteroatoms. The first kappa shape index (κ1) is 23.9. The van der Waals surface area contributed by atoms with E-state index in [1.807, 2.05) is 74.0 Å². The Morgan fingerprint density at radius 1 is 1.18 bits per heavy atom. The summed E-state index contributed by atoms with van der Waals surface area (Å²) in [4.78, 5) is 18.3. The fourth-order valence-electron chi connectivity index (χ4n) is 3.94. The highest BCUT2D eigenvalue weighted by Gasteiger charge is 2.34. The van der Waals surface area contributed by atoms with Gasteiger partial charge in [-0.3, -0.25) is 4.79 Å². The second-order valence-electron chi connectivity index (χ2n) is 8.26. The highest BCUT2D eigenvalue weighted by atomic mass is 32.2. The Bertz CT molecular complexity index is 1190. The monoisotopic (exact) mass is 477 g/mol. The Balaban J connectivity index is 1.71. The molecule has 34 heavy (non-hydrogen) atoms. The van der Waals surface area contributed by atoms with Crippen LogP contribution in [0.1, 0.15) is 50.8 Å². The molecule has 178 valence electrons. The smallest absolute Gasteiger partial charge is 0.255 e. The van der Waals surface area contributed by atoms with Crippen molar-refractivity contribution in [3.05, 3.63) is 70.9 Å². The van der Waals surface area contributed by atoms with Crippen LogP contribution in [0.2, 0.25) is 0 Å². The minimum absolute atomic E-state index is 0.171. The van der Waals surface area contributed by atoms with Crippen molar-refractivity contribution in [2.24, 2.45) is 0 Å². The molecule has 1 unspecified atom stereocenters. The zero-order valence-electron chi connectivity index (χ0n) is 20.1. The minimum Gasteiger partial charge on any atom is -0.494 e. The van der Waals surface area contributed by atoms with Gasteiger partial charge in [0.2, 0.25) is 11.1 Å². The summed E-state index contributed by atoms with van der Waals surface area (Å²) in [6, 6.07) is 15.2. The molecule has 1 aliphatic heterocycles. The maximum atomic E-state index is 13.6. The largest absolute Gasteiger partial charge is 0.494 e. The summed E-state index contributed by atoms with van der Waals surface area (Å²) >= 11 is 1.64. The molecule has 3 aromatic rings. The van der Waals surface area contributed by atoms with Gasteiger partial charge in [0.25, 0.3) is 5.91 Å². The Morgan fingerprint density at radius 2 is 1.97 bits per heavy atom. The van der Waals surface area contributed by atoms with E-state index in [0.29, 0.717) is 23.3 Å². The van der Waals surface area contributed by atoms with E-state index >= 15 is 0 Å². The summed E-state index contributed by atoms with van der Waals surface area (Å²) in [6.07, 6.45) is 2.23. The maximum Gasteiger partial charge on any atom is 0.255 e. The Morgan fingerprint density at radius 3 is 2.68 bits per heavy atom. The van der Waals surface area contributed by atoms with Gasteiger partial charge in [0.05, 0.1) is 12.2 Å². The number of allylic oxidation sites excluding steroid dienone is 1. The lowest BCUT2D eigenvalue weighted by Gasteiger charge is -2.28. The summed E-state index contributed by atoms with van der Waals surface area (Å²) in [6.45, 7) is 8.64. The maximum absolute atomic E-state index is 13.6. The number of nitrogens with zero attached hydrogens (tertiary/aromatic N) is 3. The zero-order valence-corrected chi connectivity index (χ0v) is 20.9. The molecule has 0 saturated carbocycles. The van der Waals surface area contributed by atoms with E-state index in [0.717, 1.165) is 46.9 Å². The molecule has 0 radical (unpaired) electrons. The van der Waals surface area contributed by atoms with Crippen molar-refractivity contribution in [3.8, 4) is 5.75 Å². The van der Waals surface area contributed by atoms with Gasteiger partial charge in [-0.1, -0.05) is 49.4 Å². The second-order valence-corrected chi connectivity index (χ2v) is 9.32. The van der Waals surface area contributed by atoms with Crippen LogP contribution in [0.5, 0.6) is 5.75 Å². The number of unbranched alkanes of at least 4 members (excludes halogenated alkanes) is 1. The lowest BCUT2D eigenvalue weighted by atomic mass is 9.95.